The molecule has 9 heteroatoms. The number of rotatable bonds is 3. The van der Waals surface area contributed by atoms with E-state index in [9.17, 15) is 8.78 Å². The highest BCUT2D eigenvalue weighted by Crippen LogP contribution is 2.47. The Morgan fingerprint density at radius 2 is 0.870 bits per heavy atom. The molecule has 274 valence electrons. The fourth-order valence-corrected chi connectivity index (χ4v) is 7.62. The third-order valence-electron chi connectivity index (χ3n) is 10.3. The number of halogens is 7. The van der Waals surface area contributed by atoms with Crippen LogP contribution < -0.4 is 0 Å². The van der Waals surface area contributed by atoms with Crippen LogP contribution in [0.2, 0.25) is 0 Å². The van der Waals surface area contributed by atoms with Gasteiger partial charge in [0.25, 0.3) is 0 Å². The van der Waals surface area contributed by atoms with Gasteiger partial charge in [-0.1, -0.05) is 102 Å². The number of aromatic nitrogens is 2. The summed E-state index contributed by atoms with van der Waals surface area (Å²) in [6.07, 6.45) is -5.03. The largest absolute Gasteiger partial charge is 0.420 e. The fourth-order valence-electron chi connectivity index (χ4n) is 7.62. The zero-order chi connectivity index (χ0) is 38.6. The van der Waals surface area contributed by atoms with Crippen molar-refractivity contribution >= 4 is 43.6 Å². The van der Waals surface area contributed by atoms with Crippen molar-refractivity contribution in [1.82, 2.24) is 9.13 Å². The highest BCUT2D eigenvalue weighted by atomic mass is 19.4. The molecule has 0 saturated heterocycles. The lowest BCUT2D eigenvalue weighted by Crippen LogP contribution is -2.17. The van der Waals surface area contributed by atoms with E-state index in [1.54, 1.807) is 48.5 Å². The lowest BCUT2D eigenvalue weighted by atomic mass is 9.86. The molecular weight excluding hydrogens is 701 g/mol. The van der Waals surface area contributed by atoms with Gasteiger partial charge in [-0.25, -0.2) is 17.6 Å². The summed E-state index contributed by atoms with van der Waals surface area (Å²) >= 11 is 0. The van der Waals surface area contributed by atoms with Crippen LogP contribution in [0.5, 0.6) is 0 Å². The molecule has 0 radical (unpaired) electrons. The minimum Gasteiger partial charge on any atom is -0.309 e. The van der Waals surface area contributed by atoms with Gasteiger partial charge in [0.05, 0.1) is 39.0 Å². The molecule has 8 rings (SSSR count). The lowest BCUT2D eigenvalue weighted by Gasteiger charge is -2.24. The van der Waals surface area contributed by atoms with Crippen LogP contribution in [0.3, 0.4) is 0 Å². The summed E-state index contributed by atoms with van der Waals surface area (Å²) in [5.74, 6) is -7.00. The number of nitrogens with zero attached hydrogens (tertiary/aromatic N) is 2. The Balaban J connectivity index is 1.64. The number of para-hydroxylation sites is 2. The van der Waals surface area contributed by atoms with Gasteiger partial charge >= 0.3 is 6.18 Å². The SMILES string of the molecule is CC(C)(C)c1ccc2c3ccccc3n(-c3cc(-c4c(F)cc(F)c(F)c4F)cc(-n4c5ccccc5c5ccc(C(C)(C)C)cc54)c3C(F)(F)F)c2c1. The van der Waals surface area contributed by atoms with Crippen molar-refractivity contribution in [3.63, 3.8) is 0 Å². The van der Waals surface area contributed by atoms with Gasteiger partial charge in [0.1, 0.15) is 11.4 Å². The van der Waals surface area contributed by atoms with Crippen LogP contribution in [0, 0.1) is 23.3 Å². The topological polar surface area (TPSA) is 9.86 Å². The van der Waals surface area contributed by atoms with Crippen LogP contribution in [-0.4, -0.2) is 9.13 Å². The molecule has 6 aromatic carbocycles. The summed E-state index contributed by atoms with van der Waals surface area (Å²) in [5.41, 5.74) is -0.743. The molecule has 2 nitrogen and oxygen atoms in total. The van der Waals surface area contributed by atoms with Crippen molar-refractivity contribution < 1.29 is 30.7 Å². The van der Waals surface area contributed by atoms with E-state index >= 15 is 22.0 Å². The van der Waals surface area contributed by atoms with Crippen LogP contribution in [0.25, 0.3) is 66.1 Å². The molecule has 0 unspecified atom stereocenters. The summed E-state index contributed by atoms with van der Waals surface area (Å²) in [6, 6.07) is 27.5. The van der Waals surface area contributed by atoms with Crippen LogP contribution in [0.15, 0.2) is 103 Å². The Morgan fingerprint density at radius 1 is 0.444 bits per heavy atom. The molecule has 0 aliphatic heterocycles. The summed E-state index contributed by atoms with van der Waals surface area (Å²) in [7, 11) is 0. The van der Waals surface area contributed by atoms with E-state index in [0.717, 1.165) is 23.3 Å². The van der Waals surface area contributed by atoms with Crippen molar-refractivity contribution in [2.75, 3.05) is 0 Å². The molecule has 0 saturated carbocycles. The Hall–Kier alpha value is -5.57. The van der Waals surface area contributed by atoms with Gasteiger partial charge in [-0.2, -0.15) is 13.2 Å². The zero-order valence-electron chi connectivity index (χ0n) is 30.4. The predicted octanol–water partition coefficient (Wildman–Crippen LogP) is 13.7. The number of benzene rings is 6. The Morgan fingerprint density at radius 3 is 1.30 bits per heavy atom. The summed E-state index contributed by atoms with van der Waals surface area (Å²) in [6.45, 7) is 11.9. The van der Waals surface area contributed by atoms with Gasteiger partial charge in [0.15, 0.2) is 17.5 Å². The quantitative estimate of drug-likeness (QED) is 0.0971. The third-order valence-corrected chi connectivity index (χ3v) is 10.3. The van der Waals surface area contributed by atoms with E-state index in [2.05, 4.69) is 0 Å². The van der Waals surface area contributed by atoms with E-state index in [0.29, 0.717) is 43.6 Å². The smallest absolute Gasteiger partial charge is 0.309 e. The van der Waals surface area contributed by atoms with Crippen LogP contribution in [0.4, 0.5) is 30.7 Å². The average Bonchev–Trinajstić information content (AvgIpc) is 3.61. The standard InChI is InChI=1S/C45H35F7N2/c1-43(2,3)25-15-17-29-27-11-7-9-13-33(27)53(35(29)21-25)37-19-24(39-31(46)23-32(47)41(48)42(39)49)20-38(40(37)45(50,51)52)54-34-14-10-8-12-28(34)30-18-16-26(22-36(30)54)44(4,5)6/h7-23H,1-6H3. The first-order valence-electron chi connectivity index (χ1n) is 17.5. The molecule has 54 heavy (non-hydrogen) atoms. The Kier molecular flexibility index (Phi) is 7.86. The number of alkyl halides is 3. The number of fused-ring (bicyclic) bond motifs is 6. The molecule has 0 aliphatic carbocycles. The molecular formula is C45H35F7N2. The second kappa shape index (κ2) is 12.0. The zero-order valence-corrected chi connectivity index (χ0v) is 30.4. The lowest BCUT2D eigenvalue weighted by molar-refractivity contribution is -0.137. The second-order valence-electron chi connectivity index (χ2n) is 15.9. The van der Waals surface area contributed by atoms with Crippen LogP contribution in [-0.2, 0) is 17.0 Å². The van der Waals surface area contributed by atoms with Gasteiger partial charge in [0, 0.05) is 27.6 Å². The molecule has 0 amide bonds. The molecule has 2 aromatic heterocycles. The number of hydrogen-bond acceptors (Lipinski definition) is 0. The van der Waals surface area contributed by atoms with E-state index in [1.807, 2.05) is 77.9 Å². The molecule has 0 fully saturated rings. The fraction of sp³-hybridized carbons (Fsp3) is 0.200. The first kappa shape index (κ1) is 35.5. The highest BCUT2D eigenvalue weighted by Gasteiger charge is 2.40. The van der Waals surface area contributed by atoms with Gasteiger partial charge < -0.3 is 9.13 Å². The normalized spacial score (nSPS) is 12.9. The predicted molar refractivity (Wildman–Crippen MR) is 203 cm³/mol. The van der Waals surface area contributed by atoms with Gasteiger partial charge in [-0.15, -0.1) is 0 Å². The minimum absolute atomic E-state index is 0.205. The highest BCUT2D eigenvalue weighted by molar-refractivity contribution is 6.11. The second-order valence-corrected chi connectivity index (χ2v) is 15.9. The molecule has 0 aliphatic rings. The van der Waals surface area contributed by atoms with Crippen molar-refractivity contribution in [2.24, 2.45) is 0 Å². The Labute approximate surface area is 307 Å². The first-order chi connectivity index (χ1) is 25.4. The summed E-state index contributed by atoms with van der Waals surface area (Å²) < 4.78 is 112. The van der Waals surface area contributed by atoms with Crippen LogP contribution >= 0.6 is 0 Å². The molecule has 0 atom stereocenters. The average molecular weight is 737 g/mol. The van der Waals surface area contributed by atoms with E-state index < -0.39 is 57.5 Å². The number of hydrogen-bond donors (Lipinski definition) is 0. The molecule has 0 spiro atoms. The van der Waals surface area contributed by atoms with Gasteiger partial charge in [-0.05, 0) is 63.9 Å². The van der Waals surface area contributed by atoms with Gasteiger partial charge in [0.2, 0.25) is 0 Å². The van der Waals surface area contributed by atoms with Crippen molar-refractivity contribution in [3.05, 3.63) is 143 Å². The van der Waals surface area contributed by atoms with Gasteiger partial charge in [-0.3, -0.25) is 0 Å². The maximum Gasteiger partial charge on any atom is 0.420 e. The maximum absolute atomic E-state index is 16.2. The van der Waals surface area contributed by atoms with E-state index in [-0.39, 0.29) is 16.9 Å². The molecule has 8 aromatic rings. The first-order valence-corrected chi connectivity index (χ1v) is 17.5. The van der Waals surface area contributed by atoms with Crippen molar-refractivity contribution in [1.29, 1.82) is 0 Å². The Bertz CT molecular complexity index is 2670. The monoisotopic (exact) mass is 736 g/mol. The molecule has 0 bridgehead atoms. The summed E-state index contributed by atoms with van der Waals surface area (Å²) in [4.78, 5) is 0. The minimum atomic E-state index is -5.03. The van der Waals surface area contributed by atoms with E-state index in [1.165, 1.54) is 9.13 Å². The van der Waals surface area contributed by atoms with E-state index in [4.69, 9.17) is 0 Å². The van der Waals surface area contributed by atoms with Crippen molar-refractivity contribution in [3.8, 4) is 22.5 Å². The maximum atomic E-state index is 16.2. The van der Waals surface area contributed by atoms with Crippen molar-refractivity contribution in [2.45, 2.75) is 58.5 Å². The molecule has 2 heterocycles. The third kappa shape index (κ3) is 5.46. The van der Waals surface area contributed by atoms with Crippen LogP contribution in [0.1, 0.15) is 58.2 Å². The summed E-state index contributed by atoms with van der Waals surface area (Å²) in [5, 5.41) is 2.64. The molecule has 0 N–H and O–H groups in total.